The zero-order valence-electron chi connectivity index (χ0n) is 9.47. The molecule has 0 aliphatic heterocycles. The van der Waals surface area contributed by atoms with E-state index in [-0.39, 0.29) is 15.8 Å². The van der Waals surface area contributed by atoms with E-state index in [1.54, 1.807) is 0 Å². The van der Waals surface area contributed by atoms with Gasteiger partial charge in [0.05, 0.1) is 0 Å². The maximum atomic E-state index is 10.8. The number of rotatable bonds is 8. The molecule has 0 spiro atoms. The van der Waals surface area contributed by atoms with Crippen LogP contribution in [0.25, 0.3) is 0 Å². The first-order valence-corrected chi connectivity index (χ1v) is 7.36. The second-order valence-electron chi connectivity index (χ2n) is 3.69. The quantitative estimate of drug-likeness (QED) is 0.371. The van der Waals surface area contributed by atoms with Crippen molar-refractivity contribution in [2.24, 2.45) is 0 Å². The Labute approximate surface area is 109 Å². The lowest BCUT2D eigenvalue weighted by Crippen LogP contribution is -2.22. The molecule has 0 aliphatic carbocycles. The van der Waals surface area contributed by atoms with Crippen LogP contribution in [0.5, 0.6) is 0 Å². The summed E-state index contributed by atoms with van der Waals surface area (Å²) in [6.07, 6.45) is 7.04. The fourth-order valence-corrected chi connectivity index (χ4v) is 2.14. The van der Waals surface area contributed by atoms with Crippen LogP contribution in [-0.4, -0.2) is 15.8 Å². The Hall–Kier alpha value is 0.430. The van der Waals surface area contributed by atoms with Gasteiger partial charge in [0.15, 0.2) is 0 Å². The largest absolute Gasteiger partial charge is 0.460 e. The van der Waals surface area contributed by atoms with Gasteiger partial charge in [0.2, 0.25) is 0 Å². The van der Waals surface area contributed by atoms with Crippen molar-refractivity contribution < 1.29 is 9.53 Å². The summed E-state index contributed by atoms with van der Waals surface area (Å²) in [4.78, 5) is 10.8. The van der Waals surface area contributed by atoms with Crippen molar-refractivity contribution in [3.8, 4) is 0 Å². The molecule has 0 radical (unpaired) electrons. The molecule has 0 aliphatic rings. The summed E-state index contributed by atoms with van der Waals surface area (Å²) in [6, 6.07) is 0. The number of carbonyl (C=O) groups is 1. The average Bonchev–Trinajstić information content (AvgIpc) is 2.15. The molecule has 0 aromatic carbocycles. The number of esters is 1. The van der Waals surface area contributed by atoms with E-state index in [0.717, 1.165) is 12.8 Å². The lowest BCUT2D eigenvalue weighted by Gasteiger charge is -2.18. The van der Waals surface area contributed by atoms with E-state index in [4.69, 9.17) is 4.74 Å². The molecule has 0 heterocycles. The predicted octanol–water partition coefficient (Wildman–Crippen LogP) is 4.39. The third-order valence-corrected chi connectivity index (χ3v) is 3.37. The van der Waals surface area contributed by atoms with Gasteiger partial charge < -0.3 is 4.74 Å². The second-order valence-corrected chi connectivity index (χ2v) is 6.89. The van der Waals surface area contributed by atoms with Gasteiger partial charge in [-0.15, -0.1) is 0 Å². The highest BCUT2D eigenvalue weighted by Crippen LogP contribution is 2.21. The van der Waals surface area contributed by atoms with Crippen molar-refractivity contribution in [3.05, 3.63) is 0 Å². The molecule has 0 N–H and O–H groups in total. The molecular formula is C11H20Br2O2. The van der Waals surface area contributed by atoms with Crippen LogP contribution >= 0.6 is 31.9 Å². The molecule has 2 nitrogen and oxygen atoms in total. The van der Waals surface area contributed by atoms with Gasteiger partial charge in [0.25, 0.3) is 0 Å². The molecule has 4 heteroatoms. The molecule has 0 saturated heterocycles. The summed E-state index contributed by atoms with van der Waals surface area (Å²) in [5.41, 5.74) is 0. The van der Waals surface area contributed by atoms with Crippen LogP contribution in [0.15, 0.2) is 0 Å². The average molecular weight is 344 g/mol. The highest BCUT2D eigenvalue weighted by molar-refractivity contribution is 9.24. The molecule has 1 unspecified atom stereocenters. The number of ether oxygens (including phenoxy) is 1. The zero-order chi connectivity index (χ0) is 11.7. The van der Waals surface area contributed by atoms with Gasteiger partial charge in [0.1, 0.15) is 9.84 Å². The first-order valence-electron chi connectivity index (χ1n) is 5.53. The van der Waals surface area contributed by atoms with Gasteiger partial charge in [0, 0.05) is 6.92 Å². The van der Waals surface area contributed by atoms with Crippen LogP contribution in [0, 0.1) is 0 Å². The van der Waals surface area contributed by atoms with Gasteiger partial charge in [-0.3, -0.25) is 4.79 Å². The van der Waals surface area contributed by atoms with Crippen LogP contribution in [0.1, 0.15) is 52.4 Å². The first-order chi connectivity index (χ1) is 7.07. The van der Waals surface area contributed by atoms with Gasteiger partial charge in [-0.05, 0) is 12.8 Å². The molecule has 0 aromatic rings. The highest BCUT2D eigenvalue weighted by atomic mass is 79.9. The number of hydrogen-bond donors (Lipinski definition) is 0. The molecule has 15 heavy (non-hydrogen) atoms. The Balaban J connectivity index is 3.62. The molecular weight excluding hydrogens is 324 g/mol. The summed E-state index contributed by atoms with van der Waals surface area (Å²) < 4.78 is 5.24. The van der Waals surface area contributed by atoms with Gasteiger partial charge >= 0.3 is 5.97 Å². The van der Waals surface area contributed by atoms with Crippen molar-refractivity contribution in [3.63, 3.8) is 0 Å². The number of halogens is 2. The highest BCUT2D eigenvalue weighted by Gasteiger charge is 2.18. The number of hydrogen-bond acceptors (Lipinski definition) is 2. The molecule has 90 valence electrons. The van der Waals surface area contributed by atoms with E-state index in [2.05, 4.69) is 38.8 Å². The minimum Gasteiger partial charge on any atom is -0.460 e. The lowest BCUT2D eigenvalue weighted by atomic mass is 10.1. The molecule has 0 amide bonds. The maximum Gasteiger partial charge on any atom is 0.302 e. The van der Waals surface area contributed by atoms with Gasteiger partial charge in [-0.2, -0.15) is 0 Å². The van der Waals surface area contributed by atoms with E-state index in [0.29, 0.717) is 0 Å². The SMILES string of the molecule is CCCCCCCC(OC(C)=O)C(Br)Br. The maximum absolute atomic E-state index is 10.8. The summed E-state index contributed by atoms with van der Waals surface area (Å²) in [7, 11) is 0. The summed E-state index contributed by atoms with van der Waals surface area (Å²) >= 11 is 6.78. The Morgan fingerprint density at radius 2 is 1.80 bits per heavy atom. The normalized spacial score (nSPS) is 12.9. The Kier molecular flexibility index (Phi) is 9.92. The van der Waals surface area contributed by atoms with E-state index >= 15 is 0 Å². The molecule has 0 bridgehead atoms. The van der Waals surface area contributed by atoms with Gasteiger partial charge in [-0.25, -0.2) is 0 Å². The van der Waals surface area contributed by atoms with Gasteiger partial charge in [-0.1, -0.05) is 64.5 Å². The van der Waals surface area contributed by atoms with E-state index in [1.807, 2.05) is 0 Å². The predicted molar refractivity (Wildman–Crippen MR) is 70.6 cm³/mol. The Bertz CT molecular complexity index is 172. The lowest BCUT2D eigenvalue weighted by molar-refractivity contribution is -0.145. The van der Waals surface area contributed by atoms with Crippen LogP contribution < -0.4 is 0 Å². The summed E-state index contributed by atoms with van der Waals surface area (Å²) in [6.45, 7) is 3.65. The van der Waals surface area contributed by atoms with Crippen molar-refractivity contribution in [2.45, 2.75) is 62.2 Å². The topological polar surface area (TPSA) is 26.3 Å². The molecule has 0 rings (SSSR count). The zero-order valence-corrected chi connectivity index (χ0v) is 12.6. The van der Waals surface area contributed by atoms with Crippen molar-refractivity contribution in [2.75, 3.05) is 0 Å². The summed E-state index contributed by atoms with van der Waals surface area (Å²) in [5.74, 6) is -0.211. The van der Waals surface area contributed by atoms with Crippen molar-refractivity contribution >= 4 is 37.8 Å². The molecule has 1 atom stereocenters. The minimum absolute atomic E-state index is 0.0517. The van der Waals surface area contributed by atoms with Crippen LogP contribution in [0.3, 0.4) is 0 Å². The standard InChI is InChI=1S/C11H20Br2O2/c1-3-4-5-6-7-8-10(11(12)13)15-9(2)14/h10-11H,3-8H2,1-2H3. The third-order valence-electron chi connectivity index (χ3n) is 2.19. The monoisotopic (exact) mass is 342 g/mol. The van der Waals surface area contributed by atoms with E-state index in [9.17, 15) is 4.79 Å². The molecule has 0 saturated carbocycles. The second kappa shape index (κ2) is 9.64. The molecule has 0 fully saturated rings. The van der Waals surface area contributed by atoms with Crippen LogP contribution in [0.4, 0.5) is 0 Å². The number of carbonyl (C=O) groups excluding carboxylic acids is 1. The fourth-order valence-electron chi connectivity index (χ4n) is 1.40. The van der Waals surface area contributed by atoms with Crippen LogP contribution in [-0.2, 0) is 9.53 Å². The van der Waals surface area contributed by atoms with Crippen molar-refractivity contribution in [1.82, 2.24) is 0 Å². The summed E-state index contributed by atoms with van der Waals surface area (Å²) in [5, 5.41) is 0. The van der Waals surface area contributed by atoms with Crippen molar-refractivity contribution in [1.29, 1.82) is 0 Å². The van der Waals surface area contributed by atoms with E-state index in [1.165, 1.54) is 32.6 Å². The number of unbranched alkanes of at least 4 members (excludes halogenated alkanes) is 4. The van der Waals surface area contributed by atoms with E-state index < -0.39 is 0 Å². The third kappa shape index (κ3) is 9.36. The first kappa shape index (κ1) is 15.4. The Morgan fingerprint density at radius 3 is 2.27 bits per heavy atom. The minimum atomic E-state index is -0.211. The smallest absolute Gasteiger partial charge is 0.302 e. The fraction of sp³-hybridized carbons (Fsp3) is 0.909. The number of alkyl halides is 2. The molecule has 0 aromatic heterocycles. The Morgan fingerprint density at radius 1 is 1.20 bits per heavy atom. The van der Waals surface area contributed by atoms with Crippen LogP contribution in [0.2, 0.25) is 0 Å².